The molecule has 0 spiro atoms. The molecule has 1 aromatic rings. The van der Waals surface area contributed by atoms with Crippen LogP contribution in [0.5, 0.6) is 0 Å². The van der Waals surface area contributed by atoms with Gasteiger partial charge in [-0.3, -0.25) is 9.79 Å². The number of nitrogens with zero attached hydrogens (tertiary/aromatic N) is 1. The van der Waals surface area contributed by atoms with Gasteiger partial charge in [-0.25, -0.2) is 8.42 Å². The summed E-state index contributed by atoms with van der Waals surface area (Å²) in [6.45, 7) is 0. The molecule has 0 bridgehead atoms. The first-order chi connectivity index (χ1) is 9.67. The van der Waals surface area contributed by atoms with Crippen LogP contribution in [0.2, 0.25) is 0 Å². The van der Waals surface area contributed by atoms with E-state index in [1.165, 1.54) is 18.7 Å². The van der Waals surface area contributed by atoms with Gasteiger partial charge in [-0.1, -0.05) is 34.8 Å². The monoisotopic (exact) mass is 372 g/mol. The van der Waals surface area contributed by atoms with Gasteiger partial charge in [0.2, 0.25) is 0 Å². The molecule has 1 saturated heterocycles. The maximum atomic E-state index is 11.7. The molecule has 21 heavy (non-hydrogen) atoms. The van der Waals surface area contributed by atoms with Crippen LogP contribution < -0.4 is 5.32 Å². The maximum absolute atomic E-state index is 11.7. The first kappa shape index (κ1) is 16.6. The van der Waals surface area contributed by atoms with Crippen LogP contribution in [0.25, 0.3) is 0 Å². The first-order valence-electron chi connectivity index (χ1n) is 5.81. The zero-order chi connectivity index (χ0) is 15.7. The summed E-state index contributed by atoms with van der Waals surface area (Å²) in [4.78, 5) is 15.8. The van der Waals surface area contributed by atoms with Gasteiger partial charge in [0.15, 0.2) is 9.84 Å². The van der Waals surface area contributed by atoms with Crippen LogP contribution in [0.3, 0.4) is 0 Å². The Balaban J connectivity index is 2.12. The second-order valence-corrected chi connectivity index (χ2v) is 8.99. The van der Waals surface area contributed by atoms with E-state index in [9.17, 15) is 13.2 Å². The number of sulfone groups is 1. The number of alkyl halides is 3. The van der Waals surface area contributed by atoms with Crippen molar-refractivity contribution in [2.75, 3.05) is 11.5 Å². The summed E-state index contributed by atoms with van der Waals surface area (Å²) in [6.07, 6.45) is 4.40. The Morgan fingerprint density at radius 1 is 1.43 bits per heavy atom. The van der Waals surface area contributed by atoms with E-state index in [2.05, 4.69) is 10.3 Å². The lowest BCUT2D eigenvalue weighted by Crippen LogP contribution is -2.46. The summed E-state index contributed by atoms with van der Waals surface area (Å²) in [6, 6.07) is 0.296. The van der Waals surface area contributed by atoms with E-state index < -0.39 is 31.6 Å². The largest absolute Gasteiger partial charge is 0.472 e. The molecule has 1 fully saturated rings. The van der Waals surface area contributed by atoms with Crippen molar-refractivity contribution in [3.8, 4) is 0 Å². The summed E-state index contributed by atoms with van der Waals surface area (Å²) < 4.78 is 26.1. The molecule has 0 radical (unpaired) electrons. The van der Waals surface area contributed by atoms with Crippen molar-refractivity contribution in [3.05, 3.63) is 24.2 Å². The van der Waals surface area contributed by atoms with E-state index in [0.717, 1.165) is 0 Å². The van der Waals surface area contributed by atoms with Crippen molar-refractivity contribution < 1.29 is 17.6 Å². The number of hydrogen-bond donors (Lipinski definition) is 1. The number of hydrogen-bond acceptors (Lipinski definition) is 5. The molecule has 1 aliphatic rings. The van der Waals surface area contributed by atoms with Gasteiger partial charge in [-0.2, -0.15) is 0 Å². The van der Waals surface area contributed by atoms with Gasteiger partial charge < -0.3 is 9.73 Å². The minimum Gasteiger partial charge on any atom is -0.472 e. The van der Waals surface area contributed by atoms with Crippen LogP contribution >= 0.6 is 34.8 Å². The Labute approximate surface area is 136 Å². The molecule has 10 heteroatoms. The van der Waals surface area contributed by atoms with Crippen LogP contribution in [-0.2, 0) is 14.6 Å². The van der Waals surface area contributed by atoms with Crippen molar-refractivity contribution in [2.24, 2.45) is 4.99 Å². The molecule has 1 aromatic heterocycles. The Morgan fingerprint density at radius 2 is 2.14 bits per heavy atom. The molecule has 0 aliphatic carbocycles. The molecule has 0 unspecified atom stereocenters. The third-order valence-corrected chi connectivity index (χ3v) is 5.09. The lowest BCUT2D eigenvalue weighted by molar-refractivity contribution is -0.120. The Kier molecular flexibility index (Phi) is 4.87. The molecule has 2 heterocycles. The Hall–Kier alpha value is -0.760. The highest BCUT2D eigenvalue weighted by Crippen LogP contribution is 2.27. The van der Waals surface area contributed by atoms with E-state index in [0.29, 0.717) is 5.56 Å². The van der Waals surface area contributed by atoms with Crippen LogP contribution in [0.15, 0.2) is 28.0 Å². The number of furan rings is 1. The van der Waals surface area contributed by atoms with E-state index in [1.807, 2.05) is 0 Å². The third kappa shape index (κ3) is 4.60. The van der Waals surface area contributed by atoms with Crippen molar-refractivity contribution in [2.45, 2.75) is 15.9 Å². The van der Waals surface area contributed by atoms with E-state index in [-0.39, 0.29) is 11.5 Å². The predicted octanol–water partition coefficient (Wildman–Crippen LogP) is 1.35. The second kappa shape index (κ2) is 6.16. The number of aliphatic imine (C=N–C) groups is 1. The zero-order valence-corrected chi connectivity index (χ0v) is 13.6. The van der Waals surface area contributed by atoms with Crippen LogP contribution in [-0.4, -0.2) is 47.9 Å². The molecular weight excluding hydrogens is 363 g/mol. The molecule has 2 rings (SSSR count). The minimum absolute atomic E-state index is 0.174. The molecule has 1 amide bonds. The average molecular weight is 374 g/mol. The van der Waals surface area contributed by atoms with Crippen LogP contribution in [0.4, 0.5) is 0 Å². The predicted molar refractivity (Wildman–Crippen MR) is 81.0 cm³/mol. The van der Waals surface area contributed by atoms with Gasteiger partial charge in [0.25, 0.3) is 9.70 Å². The molecule has 2 atom stereocenters. The molecule has 1 aliphatic heterocycles. The average Bonchev–Trinajstić information content (AvgIpc) is 2.93. The molecule has 6 nitrogen and oxygen atoms in total. The standard InChI is InChI=1S/C11H11Cl3N2O4S/c12-11(13,14)10(17)16-9-6-21(18,19)5-8(9)15-3-7-1-2-20-4-7/h1-4,8-9H,5-6H2,(H,16,17)/t8-,9+/m1/s1. The molecule has 1 N–H and O–H groups in total. The molecule has 0 saturated carbocycles. The zero-order valence-electron chi connectivity index (χ0n) is 10.5. The number of amides is 1. The summed E-state index contributed by atoms with van der Waals surface area (Å²) >= 11 is 16.4. The van der Waals surface area contributed by atoms with Crippen molar-refractivity contribution in [1.29, 1.82) is 0 Å². The van der Waals surface area contributed by atoms with Gasteiger partial charge in [-0.15, -0.1) is 0 Å². The van der Waals surface area contributed by atoms with Gasteiger partial charge in [0, 0.05) is 11.8 Å². The fourth-order valence-electron chi connectivity index (χ4n) is 1.89. The first-order valence-corrected chi connectivity index (χ1v) is 8.76. The SMILES string of the molecule is O=C(N[C@H]1CS(=O)(=O)C[C@H]1N=Cc1ccoc1)C(Cl)(Cl)Cl. The number of halogens is 3. The normalized spacial score (nSPS) is 25.3. The van der Waals surface area contributed by atoms with Gasteiger partial charge in [0.05, 0.1) is 36.1 Å². The lowest BCUT2D eigenvalue weighted by Gasteiger charge is -2.19. The number of rotatable bonds is 3. The van der Waals surface area contributed by atoms with Crippen molar-refractivity contribution >= 4 is 56.8 Å². The number of carbonyl (C=O) groups excluding carboxylic acids is 1. The minimum atomic E-state index is -3.31. The second-order valence-electron chi connectivity index (χ2n) is 4.56. The summed E-state index contributed by atoms with van der Waals surface area (Å²) in [7, 11) is -3.31. The smallest absolute Gasteiger partial charge is 0.272 e. The lowest BCUT2D eigenvalue weighted by atomic mass is 10.2. The van der Waals surface area contributed by atoms with Crippen molar-refractivity contribution in [1.82, 2.24) is 5.32 Å². The summed E-state index contributed by atoms with van der Waals surface area (Å²) in [5.74, 6) is -1.29. The number of carbonyl (C=O) groups is 1. The number of nitrogens with one attached hydrogen (secondary N) is 1. The topological polar surface area (TPSA) is 88.7 Å². The fraction of sp³-hybridized carbons (Fsp3) is 0.455. The molecule has 0 aromatic carbocycles. The van der Waals surface area contributed by atoms with E-state index in [4.69, 9.17) is 39.2 Å². The fourth-order valence-corrected chi connectivity index (χ4v) is 3.89. The van der Waals surface area contributed by atoms with Crippen LogP contribution in [0, 0.1) is 0 Å². The third-order valence-electron chi connectivity index (χ3n) is 2.85. The van der Waals surface area contributed by atoms with Gasteiger partial charge >= 0.3 is 0 Å². The highest BCUT2D eigenvalue weighted by molar-refractivity contribution is 7.91. The molecule has 116 valence electrons. The quantitative estimate of drug-likeness (QED) is 0.640. The summed E-state index contributed by atoms with van der Waals surface area (Å²) in [5, 5.41) is 2.40. The van der Waals surface area contributed by atoms with E-state index in [1.54, 1.807) is 6.07 Å². The highest BCUT2D eigenvalue weighted by atomic mass is 35.6. The van der Waals surface area contributed by atoms with E-state index >= 15 is 0 Å². The maximum Gasteiger partial charge on any atom is 0.272 e. The van der Waals surface area contributed by atoms with Gasteiger partial charge in [-0.05, 0) is 6.07 Å². The Morgan fingerprint density at radius 3 is 2.71 bits per heavy atom. The Bertz CT molecular complexity index is 637. The van der Waals surface area contributed by atoms with Crippen LogP contribution in [0.1, 0.15) is 5.56 Å². The van der Waals surface area contributed by atoms with Crippen molar-refractivity contribution in [3.63, 3.8) is 0 Å². The summed E-state index contributed by atoms with van der Waals surface area (Å²) in [5.41, 5.74) is 0.686. The van der Waals surface area contributed by atoms with Gasteiger partial charge in [0.1, 0.15) is 0 Å². The highest BCUT2D eigenvalue weighted by Gasteiger charge is 2.41. The molecular formula is C11H11Cl3N2O4S.